The van der Waals surface area contributed by atoms with Crippen LogP contribution in [0.3, 0.4) is 0 Å². The van der Waals surface area contributed by atoms with Gasteiger partial charge in [0.05, 0.1) is 23.6 Å². The average molecular weight is 367 g/mol. The van der Waals surface area contributed by atoms with Crippen molar-refractivity contribution in [2.24, 2.45) is 0 Å². The van der Waals surface area contributed by atoms with Crippen molar-refractivity contribution < 1.29 is 27.6 Å². The summed E-state index contributed by atoms with van der Waals surface area (Å²) in [4.78, 5) is 27.4. The molecular weight excluding hydrogens is 355 g/mol. The number of carbonyl (C=O) groups excluding carboxylic acids is 1. The van der Waals surface area contributed by atoms with Gasteiger partial charge in [-0.2, -0.15) is 13.2 Å². The number of aromatic nitrogens is 1. The fraction of sp³-hybridized carbons (Fsp3) is 0.250. The van der Waals surface area contributed by atoms with Crippen LogP contribution in [-0.4, -0.2) is 39.9 Å². The molecule has 0 saturated carbocycles. The summed E-state index contributed by atoms with van der Waals surface area (Å²) in [5.41, 5.74) is -0.700. The summed E-state index contributed by atoms with van der Waals surface area (Å²) in [5, 5.41) is 10.6. The van der Waals surface area contributed by atoms with Gasteiger partial charge in [0.2, 0.25) is 5.88 Å². The van der Waals surface area contributed by atoms with Crippen molar-refractivity contribution in [1.82, 2.24) is 9.88 Å². The highest BCUT2D eigenvalue weighted by atomic mass is 19.4. The topological polar surface area (TPSA) is 85.6 Å². The van der Waals surface area contributed by atoms with Crippen LogP contribution in [0.5, 0.6) is 5.88 Å². The third-order valence-electron chi connectivity index (χ3n) is 3.81. The lowest BCUT2D eigenvalue weighted by atomic mass is 10.1. The second-order valence-corrected chi connectivity index (χ2v) is 5.63. The summed E-state index contributed by atoms with van der Waals surface area (Å²) in [6.45, 7) is 0.376. The number of benzene rings is 1. The van der Waals surface area contributed by atoms with Crippen molar-refractivity contribution in [3.05, 3.63) is 63.8 Å². The monoisotopic (exact) mass is 367 g/mol. The molecule has 1 saturated heterocycles. The molecule has 1 aromatic carbocycles. The molecule has 0 radical (unpaired) electrons. The number of halogens is 3. The number of hydrogen-bond acceptors (Lipinski definition) is 5. The molecule has 26 heavy (non-hydrogen) atoms. The molecule has 136 valence electrons. The van der Waals surface area contributed by atoms with Gasteiger partial charge in [0.25, 0.3) is 11.6 Å². The number of carbonyl (C=O) groups is 1. The molecule has 2 aromatic rings. The summed E-state index contributed by atoms with van der Waals surface area (Å²) in [6, 6.07) is 6.81. The number of amides is 1. The van der Waals surface area contributed by atoms with Crippen LogP contribution in [-0.2, 0) is 6.18 Å². The standard InChI is InChI=1S/C16H12F3N3O4/c17-16(18,19)11-5-6-20-14(7-11)26-13-8-21(9-13)15(23)10-1-3-12(4-2-10)22(24)25/h1-7,13H,8-9H2. The number of likely N-dealkylation sites (tertiary alicyclic amines) is 1. The Bertz CT molecular complexity index is 833. The molecule has 0 bridgehead atoms. The van der Waals surface area contributed by atoms with Gasteiger partial charge in [-0.05, 0) is 18.2 Å². The van der Waals surface area contributed by atoms with Gasteiger partial charge >= 0.3 is 6.18 Å². The van der Waals surface area contributed by atoms with E-state index in [0.717, 1.165) is 18.3 Å². The first kappa shape index (κ1) is 17.6. The quantitative estimate of drug-likeness (QED) is 0.613. The van der Waals surface area contributed by atoms with Crippen LogP contribution in [0.25, 0.3) is 0 Å². The predicted molar refractivity (Wildman–Crippen MR) is 82.7 cm³/mol. The zero-order valence-corrected chi connectivity index (χ0v) is 13.1. The van der Waals surface area contributed by atoms with E-state index in [9.17, 15) is 28.1 Å². The first-order chi connectivity index (χ1) is 12.2. The lowest BCUT2D eigenvalue weighted by molar-refractivity contribution is -0.384. The summed E-state index contributed by atoms with van der Waals surface area (Å²) < 4.78 is 43.3. The van der Waals surface area contributed by atoms with Crippen molar-refractivity contribution in [1.29, 1.82) is 0 Å². The highest BCUT2D eigenvalue weighted by Gasteiger charge is 2.34. The number of hydrogen-bond donors (Lipinski definition) is 0. The van der Waals surface area contributed by atoms with E-state index in [1.807, 2.05) is 0 Å². The molecule has 7 nitrogen and oxygen atoms in total. The maximum Gasteiger partial charge on any atom is 0.416 e. The van der Waals surface area contributed by atoms with Crippen LogP contribution in [0.1, 0.15) is 15.9 Å². The van der Waals surface area contributed by atoms with Crippen LogP contribution < -0.4 is 4.74 Å². The zero-order valence-electron chi connectivity index (χ0n) is 13.1. The molecule has 10 heteroatoms. The third kappa shape index (κ3) is 3.73. The number of nitro groups is 1. The number of rotatable bonds is 4. The molecular formula is C16H12F3N3O4. The molecule has 1 amide bonds. The van der Waals surface area contributed by atoms with Gasteiger partial charge in [-0.1, -0.05) is 0 Å². The van der Waals surface area contributed by atoms with E-state index in [-0.39, 0.29) is 36.1 Å². The molecule has 1 aliphatic heterocycles. The number of nitro benzene ring substituents is 1. The molecule has 0 unspecified atom stereocenters. The molecule has 1 aliphatic rings. The lowest BCUT2D eigenvalue weighted by Crippen LogP contribution is -2.56. The summed E-state index contributed by atoms with van der Waals surface area (Å²) in [5.74, 6) is -0.496. The zero-order chi connectivity index (χ0) is 18.9. The lowest BCUT2D eigenvalue weighted by Gasteiger charge is -2.38. The van der Waals surface area contributed by atoms with Crippen molar-refractivity contribution >= 4 is 11.6 Å². The fourth-order valence-electron chi connectivity index (χ4n) is 2.41. The van der Waals surface area contributed by atoms with Crippen molar-refractivity contribution in [3.8, 4) is 5.88 Å². The van der Waals surface area contributed by atoms with Gasteiger partial charge in [-0.25, -0.2) is 4.98 Å². The van der Waals surface area contributed by atoms with Crippen LogP contribution in [0, 0.1) is 10.1 Å². The largest absolute Gasteiger partial charge is 0.471 e. The number of non-ortho nitro benzene ring substituents is 1. The van der Waals surface area contributed by atoms with Gasteiger partial charge < -0.3 is 9.64 Å². The molecule has 1 fully saturated rings. The third-order valence-corrected chi connectivity index (χ3v) is 3.81. The van der Waals surface area contributed by atoms with Crippen molar-refractivity contribution in [3.63, 3.8) is 0 Å². The number of pyridine rings is 1. The molecule has 2 heterocycles. The Morgan fingerprint density at radius 3 is 2.46 bits per heavy atom. The highest BCUT2D eigenvalue weighted by molar-refractivity contribution is 5.95. The fourth-order valence-corrected chi connectivity index (χ4v) is 2.41. The van der Waals surface area contributed by atoms with E-state index in [4.69, 9.17) is 4.74 Å². The molecule has 3 rings (SSSR count). The Hall–Kier alpha value is -3.17. The minimum atomic E-state index is -4.49. The Morgan fingerprint density at radius 1 is 1.23 bits per heavy atom. The molecule has 1 aromatic heterocycles. The van der Waals surface area contributed by atoms with E-state index in [1.165, 1.54) is 29.2 Å². The predicted octanol–water partition coefficient (Wildman–Crippen LogP) is 2.91. The van der Waals surface area contributed by atoms with Gasteiger partial charge in [0, 0.05) is 30.0 Å². The van der Waals surface area contributed by atoms with E-state index < -0.39 is 22.8 Å². The summed E-state index contributed by atoms with van der Waals surface area (Å²) >= 11 is 0. The normalized spacial score (nSPS) is 14.7. The smallest absolute Gasteiger partial charge is 0.416 e. The second-order valence-electron chi connectivity index (χ2n) is 5.63. The van der Waals surface area contributed by atoms with E-state index in [1.54, 1.807) is 0 Å². The van der Waals surface area contributed by atoms with E-state index in [0.29, 0.717) is 0 Å². The van der Waals surface area contributed by atoms with Gasteiger partial charge in [0.15, 0.2) is 0 Å². The van der Waals surface area contributed by atoms with Gasteiger partial charge in [-0.15, -0.1) is 0 Å². The Labute approximate surface area is 145 Å². The molecule has 0 spiro atoms. The summed E-state index contributed by atoms with van der Waals surface area (Å²) in [6.07, 6.45) is -3.94. The number of alkyl halides is 3. The van der Waals surface area contributed by atoms with Crippen LogP contribution in [0.15, 0.2) is 42.6 Å². The van der Waals surface area contributed by atoms with E-state index in [2.05, 4.69) is 4.98 Å². The first-order valence-electron chi connectivity index (χ1n) is 7.47. The first-order valence-corrected chi connectivity index (χ1v) is 7.47. The van der Waals surface area contributed by atoms with Crippen LogP contribution >= 0.6 is 0 Å². The number of nitrogens with zero attached hydrogens (tertiary/aromatic N) is 3. The highest BCUT2D eigenvalue weighted by Crippen LogP contribution is 2.31. The number of ether oxygens (including phenoxy) is 1. The maximum atomic E-state index is 12.7. The molecule has 0 N–H and O–H groups in total. The SMILES string of the molecule is O=C(c1ccc([N+](=O)[O-])cc1)N1CC(Oc2cc(C(F)(F)F)ccn2)C1. The Balaban J connectivity index is 1.57. The van der Waals surface area contributed by atoms with Crippen molar-refractivity contribution in [2.75, 3.05) is 13.1 Å². The Kier molecular flexibility index (Phi) is 4.49. The van der Waals surface area contributed by atoms with Gasteiger partial charge in [0.1, 0.15) is 6.10 Å². The van der Waals surface area contributed by atoms with Crippen LogP contribution in [0.4, 0.5) is 18.9 Å². The minimum absolute atomic E-state index is 0.123. The average Bonchev–Trinajstić information content (AvgIpc) is 2.57. The Morgan fingerprint density at radius 2 is 1.88 bits per heavy atom. The van der Waals surface area contributed by atoms with Crippen molar-refractivity contribution in [2.45, 2.75) is 12.3 Å². The molecule has 0 aliphatic carbocycles. The molecule has 0 atom stereocenters. The summed E-state index contributed by atoms with van der Waals surface area (Å²) in [7, 11) is 0. The van der Waals surface area contributed by atoms with Crippen LogP contribution in [0.2, 0.25) is 0 Å². The second kappa shape index (κ2) is 6.62. The van der Waals surface area contributed by atoms with Gasteiger partial charge in [-0.3, -0.25) is 14.9 Å². The van der Waals surface area contributed by atoms with E-state index >= 15 is 0 Å². The minimum Gasteiger partial charge on any atom is -0.471 e. The maximum absolute atomic E-state index is 12.7.